The molecule has 0 radical (unpaired) electrons. The van der Waals surface area contributed by atoms with Crippen molar-refractivity contribution in [1.82, 2.24) is 0 Å². The van der Waals surface area contributed by atoms with Crippen molar-refractivity contribution in [1.29, 1.82) is 0 Å². The molecule has 1 heterocycles. The molecular formula is C12H20O. The Balaban J connectivity index is 1.83. The minimum absolute atomic E-state index is 0.399. The van der Waals surface area contributed by atoms with Gasteiger partial charge in [0.2, 0.25) is 0 Å². The van der Waals surface area contributed by atoms with E-state index in [2.05, 4.69) is 12.8 Å². The quantitative estimate of drug-likeness (QED) is 0.333. The summed E-state index contributed by atoms with van der Waals surface area (Å²) in [6.45, 7) is 2.24. The van der Waals surface area contributed by atoms with Crippen LogP contribution in [0.4, 0.5) is 0 Å². The van der Waals surface area contributed by atoms with Gasteiger partial charge >= 0.3 is 0 Å². The summed E-state index contributed by atoms with van der Waals surface area (Å²) in [6, 6.07) is 0. The average molecular weight is 180 g/mol. The van der Waals surface area contributed by atoms with Crippen molar-refractivity contribution >= 4 is 0 Å². The van der Waals surface area contributed by atoms with Gasteiger partial charge in [-0.3, -0.25) is 0 Å². The molecule has 1 nitrogen and oxygen atoms in total. The van der Waals surface area contributed by atoms with Crippen LogP contribution in [0.2, 0.25) is 0 Å². The molecule has 1 fully saturated rings. The Bertz CT molecular complexity index is 168. The maximum Gasteiger partial charge on any atom is 0.0950 e. The molecule has 0 aliphatic carbocycles. The Hall–Kier alpha value is -0.480. The molecule has 74 valence electrons. The first-order valence-electron chi connectivity index (χ1n) is 5.47. The summed E-state index contributed by atoms with van der Waals surface area (Å²) >= 11 is 0. The van der Waals surface area contributed by atoms with Gasteiger partial charge in [0.1, 0.15) is 0 Å². The Morgan fingerprint density at radius 3 is 2.62 bits per heavy atom. The molecule has 1 aliphatic rings. The molecule has 0 amide bonds. The molecule has 2 atom stereocenters. The smallest absolute Gasteiger partial charge is 0.0950 e. The van der Waals surface area contributed by atoms with Crippen molar-refractivity contribution in [3.8, 4) is 12.3 Å². The average Bonchev–Trinajstić information content (AvgIpc) is 2.84. The van der Waals surface area contributed by atoms with E-state index in [-0.39, 0.29) is 0 Å². The highest BCUT2D eigenvalue weighted by Crippen LogP contribution is 2.29. The van der Waals surface area contributed by atoms with Gasteiger partial charge in [-0.1, -0.05) is 39.0 Å². The number of unbranched alkanes of at least 4 members (excludes halogenated alkanes) is 4. The number of terminal acetylenes is 1. The van der Waals surface area contributed by atoms with Gasteiger partial charge in [-0.2, -0.15) is 0 Å². The second-order valence-corrected chi connectivity index (χ2v) is 3.82. The highest BCUT2D eigenvalue weighted by Gasteiger charge is 2.36. The molecule has 1 saturated heterocycles. The first-order valence-corrected chi connectivity index (χ1v) is 5.47. The fourth-order valence-electron chi connectivity index (χ4n) is 1.68. The van der Waals surface area contributed by atoms with E-state index in [1.807, 2.05) is 0 Å². The summed E-state index contributed by atoms with van der Waals surface area (Å²) in [5, 5.41) is 0. The molecule has 1 aliphatic heterocycles. The SMILES string of the molecule is C#CC[C@@H]1O[C@H]1CCCCCCC. The molecule has 13 heavy (non-hydrogen) atoms. The third-order valence-electron chi connectivity index (χ3n) is 2.60. The van der Waals surface area contributed by atoms with Crippen LogP contribution in [0.25, 0.3) is 0 Å². The maximum atomic E-state index is 5.42. The predicted octanol–water partition coefficient (Wildman–Crippen LogP) is 3.14. The fraction of sp³-hybridized carbons (Fsp3) is 0.833. The maximum absolute atomic E-state index is 5.42. The summed E-state index contributed by atoms with van der Waals surface area (Å²) in [6.07, 6.45) is 14.9. The van der Waals surface area contributed by atoms with Crippen LogP contribution in [0.3, 0.4) is 0 Å². The van der Waals surface area contributed by atoms with Crippen LogP contribution in [0.5, 0.6) is 0 Å². The molecular weight excluding hydrogens is 160 g/mol. The molecule has 0 aromatic carbocycles. The molecule has 0 aromatic heterocycles. The zero-order chi connectivity index (χ0) is 9.52. The number of epoxide rings is 1. The van der Waals surface area contributed by atoms with E-state index in [0.29, 0.717) is 12.2 Å². The lowest BCUT2D eigenvalue weighted by Gasteiger charge is -1.96. The van der Waals surface area contributed by atoms with E-state index in [1.54, 1.807) is 0 Å². The molecule has 1 heteroatoms. The summed E-state index contributed by atoms with van der Waals surface area (Å²) in [7, 11) is 0. The molecule has 0 N–H and O–H groups in total. The lowest BCUT2D eigenvalue weighted by atomic mass is 10.1. The second-order valence-electron chi connectivity index (χ2n) is 3.82. The van der Waals surface area contributed by atoms with Crippen molar-refractivity contribution in [2.75, 3.05) is 0 Å². The van der Waals surface area contributed by atoms with Crippen molar-refractivity contribution in [3.05, 3.63) is 0 Å². The Morgan fingerprint density at radius 2 is 1.92 bits per heavy atom. The lowest BCUT2D eigenvalue weighted by Crippen LogP contribution is -1.92. The molecule has 1 rings (SSSR count). The predicted molar refractivity (Wildman–Crippen MR) is 55.5 cm³/mol. The van der Waals surface area contributed by atoms with Gasteiger partial charge in [-0.05, 0) is 6.42 Å². The van der Waals surface area contributed by atoms with Crippen LogP contribution in [0.1, 0.15) is 51.9 Å². The minimum Gasteiger partial charge on any atom is -0.369 e. The van der Waals surface area contributed by atoms with E-state index in [0.717, 1.165) is 6.42 Å². The summed E-state index contributed by atoms with van der Waals surface area (Å²) in [5.41, 5.74) is 0. The Morgan fingerprint density at radius 1 is 1.15 bits per heavy atom. The molecule has 0 saturated carbocycles. The van der Waals surface area contributed by atoms with Crippen molar-refractivity contribution < 1.29 is 4.74 Å². The largest absolute Gasteiger partial charge is 0.369 e. The van der Waals surface area contributed by atoms with Crippen LogP contribution in [0, 0.1) is 12.3 Å². The van der Waals surface area contributed by atoms with Crippen molar-refractivity contribution in [3.63, 3.8) is 0 Å². The number of hydrogen-bond donors (Lipinski definition) is 0. The van der Waals surface area contributed by atoms with Gasteiger partial charge in [0.05, 0.1) is 12.2 Å². The molecule has 0 spiro atoms. The fourth-order valence-corrected chi connectivity index (χ4v) is 1.68. The topological polar surface area (TPSA) is 12.5 Å². The molecule has 0 unspecified atom stereocenters. The Labute approximate surface area is 81.9 Å². The Kier molecular flexibility index (Phi) is 4.93. The first kappa shape index (κ1) is 10.6. The first-order chi connectivity index (χ1) is 6.38. The standard InChI is InChI=1S/C12H20O/c1-3-5-6-7-8-10-12-11(13-12)9-4-2/h2,11-12H,3,5-10H2,1H3/t11-,12-/m0/s1. The third kappa shape index (κ3) is 4.33. The monoisotopic (exact) mass is 180 g/mol. The highest BCUT2D eigenvalue weighted by molar-refractivity contribution is 4.96. The lowest BCUT2D eigenvalue weighted by molar-refractivity contribution is 0.359. The summed E-state index contributed by atoms with van der Waals surface area (Å²) < 4.78 is 5.42. The second kappa shape index (κ2) is 6.05. The minimum atomic E-state index is 0.399. The van der Waals surface area contributed by atoms with E-state index in [9.17, 15) is 0 Å². The van der Waals surface area contributed by atoms with Gasteiger partial charge in [0.15, 0.2) is 0 Å². The van der Waals surface area contributed by atoms with Crippen LogP contribution in [0.15, 0.2) is 0 Å². The molecule has 0 bridgehead atoms. The van der Waals surface area contributed by atoms with Gasteiger partial charge < -0.3 is 4.74 Å². The van der Waals surface area contributed by atoms with E-state index in [1.165, 1.54) is 38.5 Å². The zero-order valence-electron chi connectivity index (χ0n) is 8.59. The van der Waals surface area contributed by atoms with Gasteiger partial charge in [0, 0.05) is 6.42 Å². The highest BCUT2D eigenvalue weighted by atomic mass is 16.6. The van der Waals surface area contributed by atoms with Gasteiger partial charge in [0.25, 0.3) is 0 Å². The van der Waals surface area contributed by atoms with Crippen molar-refractivity contribution in [2.24, 2.45) is 0 Å². The summed E-state index contributed by atoms with van der Waals surface area (Å²) in [4.78, 5) is 0. The van der Waals surface area contributed by atoms with E-state index in [4.69, 9.17) is 11.2 Å². The van der Waals surface area contributed by atoms with Gasteiger partial charge in [-0.25, -0.2) is 0 Å². The zero-order valence-corrected chi connectivity index (χ0v) is 8.59. The van der Waals surface area contributed by atoms with Crippen molar-refractivity contribution in [2.45, 2.75) is 64.1 Å². The molecule has 0 aromatic rings. The van der Waals surface area contributed by atoms with Gasteiger partial charge in [-0.15, -0.1) is 12.3 Å². The number of ether oxygens (including phenoxy) is 1. The number of rotatable bonds is 7. The summed E-state index contributed by atoms with van der Waals surface area (Å²) in [5.74, 6) is 2.65. The number of hydrogen-bond acceptors (Lipinski definition) is 1. The van der Waals surface area contributed by atoms with Crippen LogP contribution >= 0.6 is 0 Å². The van der Waals surface area contributed by atoms with E-state index < -0.39 is 0 Å². The third-order valence-corrected chi connectivity index (χ3v) is 2.60. The van der Waals surface area contributed by atoms with E-state index >= 15 is 0 Å². The normalized spacial score (nSPS) is 25.5. The van der Waals surface area contributed by atoms with Crippen LogP contribution < -0.4 is 0 Å². The van der Waals surface area contributed by atoms with Crippen LogP contribution in [-0.4, -0.2) is 12.2 Å². The van der Waals surface area contributed by atoms with Crippen LogP contribution in [-0.2, 0) is 4.74 Å².